The molecule has 0 aliphatic rings. The summed E-state index contributed by atoms with van der Waals surface area (Å²) in [5.74, 6) is 0.619. The van der Waals surface area contributed by atoms with Crippen LogP contribution in [0.5, 0.6) is 17.2 Å². The molecule has 0 aliphatic carbocycles. The van der Waals surface area contributed by atoms with Crippen molar-refractivity contribution in [1.82, 2.24) is 9.78 Å². The smallest absolute Gasteiger partial charge is 0.267 e. The van der Waals surface area contributed by atoms with Crippen LogP contribution in [0.2, 0.25) is 0 Å². The zero-order valence-electron chi connectivity index (χ0n) is 18.7. The van der Waals surface area contributed by atoms with Crippen molar-refractivity contribution in [3.63, 3.8) is 0 Å². The maximum atomic E-state index is 12.5. The van der Waals surface area contributed by atoms with Crippen LogP contribution in [0.4, 0.5) is 11.4 Å². The number of carbonyl (C=O) groups is 2. The Morgan fingerprint density at radius 2 is 1.55 bits per heavy atom. The molecule has 172 valence electrons. The highest BCUT2D eigenvalue weighted by Gasteiger charge is 2.16. The molecule has 0 unspecified atom stereocenters. The molecule has 0 saturated carbocycles. The second kappa shape index (κ2) is 10.3. The van der Waals surface area contributed by atoms with Crippen LogP contribution in [0, 0.1) is 0 Å². The predicted molar refractivity (Wildman–Crippen MR) is 123 cm³/mol. The monoisotopic (exact) mass is 452 g/mol. The summed E-state index contributed by atoms with van der Waals surface area (Å²) in [4.78, 5) is 36.1. The number of aromatic nitrogens is 2. The summed E-state index contributed by atoms with van der Waals surface area (Å²) >= 11 is 0. The highest BCUT2D eigenvalue weighted by Crippen LogP contribution is 2.40. The van der Waals surface area contributed by atoms with Gasteiger partial charge in [0, 0.05) is 29.9 Å². The van der Waals surface area contributed by atoms with Gasteiger partial charge < -0.3 is 24.8 Å². The van der Waals surface area contributed by atoms with E-state index in [-0.39, 0.29) is 12.5 Å². The van der Waals surface area contributed by atoms with Crippen molar-refractivity contribution in [1.29, 1.82) is 0 Å². The minimum absolute atomic E-state index is 0.224. The van der Waals surface area contributed by atoms with E-state index in [1.807, 2.05) is 0 Å². The maximum absolute atomic E-state index is 12.5. The third-order valence-electron chi connectivity index (χ3n) is 4.59. The summed E-state index contributed by atoms with van der Waals surface area (Å²) in [6.07, 6.45) is 0. The molecular weight excluding hydrogens is 428 g/mol. The normalized spacial score (nSPS) is 10.3. The minimum Gasteiger partial charge on any atom is -0.493 e. The van der Waals surface area contributed by atoms with Gasteiger partial charge in [0.2, 0.25) is 17.6 Å². The summed E-state index contributed by atoms with van der Waals surface area (Å²) in [5, 5.41) is 9.66. The molecule has 2 amide bonds. The zero-order chi connectivity index (χ0) is 24.0. The van der Waals surface area contributed by atoms with Gasteiger partial charge in [-0.3, -0.25) is 14.4 Å². The van der Waals surface area contributed by atoms with Crippen LogP contribution in [0.3, 0.4) is 0 Å². The Kier molecular flexibility index (Phi) is 7.29. The molecular formula is C23H24N4O6. The number of nitrogens with one attached hydrogen (secondary N) is 2. The van der Waals surface area contributed by atoms with Crippen LogP contribution in [0.1, 0.15) is 6.92 Å². The van der Waals surface area contributed by atoms with Gasteiger partial charge >= 0.3 is 0 Å². The summed E-state index contributed by atoms with van der Waals surface area (Å²) in [7, 11) is 4.50. The average Bonchev–Trinajstić information content (AvgIpc) is 2.79. The molecule has 0 saturated heterocycles. The molecule has 0 bridgehead atoms. The fourth-order valence-electron chi connectivity index (χ4n) is 3.16. The Morgan fingerprint density at radius 3 is 2.12 bits per heavy atom. The Labute approximate surface area is 190 Å². The topological polar surface area (TPSA) is 121 Å². The van der Waals surface area contributed by atoms with Crippen molar-refractivity contribution < 1.29 is 23.8 Å². The quantitative estimate of drug-likeness (QED) is 0.539. The molecule has 1 heterocycles. The first kappa shape index (κ1) is 23.3. The molecule has 0 radical (unpaired) electrons. The van der Waals surface area contributed by atoms with Gasteiger partial charge in [-0.15, -0.1) is 0 Å². The molecule has 3 aromatic rings. The molecule has 0 fully saturated rings. The lowest BCUT2D eigenvalue weighted by molar-refractivity contribution is -0.117. The lowest BCUT2D eigenvalue weighted by atomic mass is 10.1. The second-order valence-electron chi connectivity index (χ2n) is 6.94. The standard InChI is InChI=1S/C23H24N4O6/c1-14(28)24-16-6-5-7-17(12-16)25-21(29)13-27-22(30)9-8-18(26-27)15-10-19(31-2)23(33-4)20(11-15)32-3/h5-12H,13H2,1-4H3,(H,24,28)(H,25,29). The van der Waals surface area contributed by atoms with E-state index >= 15 is 0 Å². The number of carbonyl (C=O) groups excluding carboxylic acids is 2. The number of anilines is 2. The molecule has 0 aliphatic heterocycles. The zero-order valence-corrected chi connectivity index (χ0v) is 18.7. The highest BCUT2D eigenvalue weighted by atomic mass is 16.5. The van der Waals surface area contributed by atoms with E-state index < -0.39 is 11.5 Å². The third-order valence-corrected chi connectivity index (χ3v) is 4.59. The van der Waals surface area contributed by atoms with Crippen LogP contribution in [-0.4, -0.2) is 42.9 Å². The Morgan fingerprint density at radius 1 is 0.909 bits per heavy atom. The van der Waals surface area contributed by atoms with Gasteiger partial charge in [-0.1, -0.05) is 6.07 Å². The molecule has 33 heavy (non-hydrogen) atoms. The van der Waals surface area contributed by atoms with E-state index in [2.05, 4.69) is 15.7 Å². The van der Waals surface area contributed by atoms with Crippen molar-refractivity contribution in [2.75, 3.05) is 32.0 Å². The summed E-state index contributed by atoms with van der Waals surface area (Å²) < 4.78 is 17.1. The molecule has 2 aromatic carbocycles. The summed E-state index contributed by atoms with van der Waals surface area (Å²) in [6.45, 7) is 1.09. The van der Waals surface area contributed by atoms with Gasteiger partial charge in [0.05, 0.1) is 27.0 Å². The fraction of sp³-hybridized carbons (Fsp3) is 0.217. The minimum atomic E-state index is -0.452. The number of amides is 2. The predicted octanol–water partition coefficient (Wildman–Crippen LogP) is 2.53. The van der Waals surface area contributed by atoms with Crippen molar-refractivity contribution in [3.8, 4) is 28.5 Å². The number of nitrogens with zero attached hydrogens (tertiary/aromatic N) is 2. The van der Waals surface area contributed by atoms with Crippen molar-refractivity contribution in [2.45, 2.75) is 13.5 Å². The van der Waals surface area contributed by atoms with E-state index in [9.17, 15) is 14.4 Å². The number of benzene rings is 2. The molecule has 3 rings (SSSR count). The largest absolute Gasteiger partial charge is 0.493 e. The van der Waals surface area contributed by atoms with E-state index in [4.69, 9.17) is 14.2 Å². The van der Waals surface area contributed by atoms with Crippen LogP contribution >= 0.6 is 0 Å². The Hall–Kier alpha value is -4.34. The highest BCUT2D eigenvalue weighted by molar-refractivity contribution is 5.93. The van der Waals surface area contributed by atoms with E-state index in [1.165, 1.54) is 34.3 Å². The third kappa shape index (κ3) is 5.67. The summed E-state index contributed by atoms with van der Waals surface area (Å²) in [6, 6.07) is 13.0. The van der Waals surface area contributed by atoms with E-state index in [0.717, 1.165) is 4.68 Å². The SMILES string of the molecule is COc1cc(-c2ccc(=O)n(CC(=O)Nc3cccc(NC(C)=O)c3)n2)cc(OC)c1OC. The van der Waals surface area contributed by atoms with Crippen molar-refractivity contribution in [2.24, 2.45) is 0 Å². The van der Waals surface area contributed by atoms with Gasteiger partial charge in [0.15, 0.2) is 11.5 Å². The van der Waals surface area contributed by atoms with Gasteiger partial charge in [-0.2, -0.15) is 5.10 Å². The van der Waals surface area contributed by atoms with Crippen LogP contribution in [-0.2, 0) is 16.1 Å². The van der Waals surface area contributed by atoms with Gasteiger partial charge in [-0.25, -0.2) is 4.68 Å². The number of hydrogen-bond acceptors (Lipinski definition) is 7. The van der Waals surface area contributed by atoms with Crippen LogP contribution in [0.15, 0.2) is 53.3 Å². The lowest BCUT2D eigenvalue weighted by Crippen LogP contribution is -2.29. The molecule has 10 heteroatoms. The second-order valence-corrected chi connectivity index (χ2v) is 6.94. The molecule has 0 atom stereocenters. The van der Waals surface area contributed by atoms with Crippen LogP contribution in [0.25, 0.3) is 11.3 Å². The summed E-state index contributed by atoms with van der Waals surface area (Å²) in [5.41, 5.74) is 1.63. The maximum Gasteiger partial charge on any atom is 0.267 e. The lowest BCUT2D eigenvalue weighted by Gasteiger charge is -2.14. The first-order chi connectivity index (χ1) is 15.8. The molecule has 10 nitrogen and oxygen atoms in total. The number of ether oxygens (including phenoxy) is 3. The number of rotatable bonds is 8. The first-order valence-corrected chi connectivity index (χ1v) is 9.90. The molecule has 2 N–H and O–H groups in total. The number of hydrogen-bond donors (Lipinski definition) is 2. The van der Waals surface area contributed by atoms with Crippen molar-refractivity contribution in [3.05, 3.63) is 58.9 Å². The Bertz CT molecular complexity index is 1210. The van der Waals surface area contributed by atoms with E-state index in [1.54, 1.807) is 42.5 Å². The fourth-order valence-corrected chi connectivity index (χ4v) is 3.16. The van der Waals surface area contributed by atoms with Crippen LogP contribution < -0.4 is 30.4 Å². The molecule has 0 spiro atoms. The Balaban J connectivity index is 1.85. The number of methoxy groups -OCH3 is 3. The first-order valence-electron chi connectivity index (χ1n) is 9.90. The molecule has 1 aromatic heterocycles. The van der Waals surface area contributed by atoms with Gasteiger partial charge in [0.25, 0.3) is 5.56 Å². The van der Waals surface area contributed by atoms with Crippen molar-refractivity contribution >= 4 is 23.2 Å². The van der Waals surface area contributed by atoms with Gasteiger partial charge in [0.1, 0.15) is 6.54 Å². The van der Waals surface area contributed by atoms with E-state index in [0.29, 0.717) is 39.9 Å². The average molecular weight is 452 g/mol. The van der Waals surface area contributed by atoms with Gasteiger partial charge in [-0.05, 0) is 36.4 Å².